The Morgan fingerprint density at radius 1 is 1.35 bits per heavy atom. The van der Waals surface area contributed by atoms with E-state index in [1.807, 2.05) is 0 Å². The first-order chi connectivity index (χ1) is 11.1. The van der Waals surface area contributed by atoms with Crippen LogP contribution in [0.4, 0.5) is 5.69 Å². The van der Waals surface area contributed by atoms with Crippen LogP contribution in [0.2, 0.25) is 0 Å². The molecule has 4 heteroatoms. The van der Waals surface area contributed by atoms with Gasteiger partial charge in [-0.2, -0.15) is 0 Å². The molecule has 4 nitrogen and oxygen atoms in total. The molecule has 0 aromatic heterocycles. The molecule has 1 aromatic rings. The van der Waals surface area contributed by atoms with Gasteiger partial charge < -0.3 is 10.1 Å². The van der Waals surface area contributed by atoms with E-state index in [-0.39, 0.29) is 17.2 Å². The van der Waals surface area contributed by atoms with Crippen LogP contribution in [0.5, 0.6) is 0 Å². The van der Waals surface area contributed by atoms with Gasteiger partial charge in [-0.1, -0.05) is 18.2 Å². The second-order valence-electron chi connectivity index (χ2n) is 8.23. The first-order valence-corrected chi connectivity index (χ1v) is 8.97. The summed E-state index contributed by atoms with van der Waals surface area (Å²) < 4.78 is 6.51. The third-order valence-corrected chi connectivity index (χ3v) is 7.28. The molecule has 5 fully saturated rings. The summed E-state index contributed by atoms with van der Waals surface area (Å²) >= 11 is 0. The van der Waals surface area contributed by atoms with Gasteiger partial charge in [-0.25, -0.2) is 0 Å². The molecule has 4 bridgehead atoms. The second kappa shape index (κ2) is 3.81. The number of carbonyl (C=O) groups is 1. The van der Waals surface area contributed by atoms with Crippen molar-refractivity contribution < 1.29 is 9.53 Å². The number of hydrogen-bond donors (Lipinski definition) is 1. The van der Waals surface area contributed by atoms with Crippen LogP contribution in [-0.2, 0) is 15.1 Å². The number of benzene rings is 1. The molecule has 0 spiro atoms. The third kappa shape index (κ3) is 1.32. The lowest BCUT2D eigenvalue weighted by Crippen LogP contribution is -2.62. The monoisotopic (exact) mass is 310 g/mol. The number of hydrogen-bond acceptors (Lipinski definition) is 4. The number of epoxide rings is 1. The van der Waals surface area contributed by atoms with E-state index in [1.54, 1.807) is 6.92 Å². The van der Waals surface area contributed by atoms with Gasteiger partial charge in [0, 0.05) is 42.2 Å². The molecule has 7 rings (SSSR count). The topological polar surface area (TPSA) is 44.9 Å². The lowest BCUT2D eigenvalue weighted by atomic mass is 9.63. The van der Waals surface area contributed by atoms with E-state index < -0.39 is 0 Å². The van der Waals surface area contributed by atoms with Gasteiger partial charge >= 0.3 is 0 Å². The van der Waals surface area contributed by atoms with Crippen LogP contribution in [0, 0.1) is 17.8 Å². The maximum atomic E-state index is 12.3. The summed E-state index contributed by atoms with van der Waals surface area (Å²) in [5.41, 5.74) is 2.19. The van der Waals surface area contributed by atoms with Gasteiger partial charge in [-0.05, 0) is 38.2 Å². The minimum Gasteiger partial charge on any atom is -0.354 e. The Kier molecular flexibility index (Phi) is 2.15. The fourth-order valence-electron chi connectivity index (χ4n) is 6.45. The predicted octanol–water partition coefficient (Wildman–Crippen LogP) is 2.35. The average molecular weight is 310 g/mol. The van der Waals surface area contributed by atoms with Crippen LogP contribution in [-0.4, -0.2) is 35.5 Å². The number of nitrogens with zero attached hydrogens (tertiary/aromatic N) is 1. The highest BCUT2D eigenvalue weighted by Crippen LogP contribution is 2.72. The van der Waals surface area contributed by atoms with Crippen LogP contribution in [0.25, 0.3) is 0 Å². The van der Waals surface area contributed by atoms with E-state index in [2.05, 4.69) is 34.5 Å². The van der Waals surface area contributed by atoms with Crippen molar-refractivity contribution in [3.05, 3.63) is 29.8 Å². The zero-order valence-corrected chi connectivity index (χ0v) is 13.4. The summed E-state index contributed by atoms with van der Waals surface area (Å²) in [6, 6.07) is 8.99. The second-order valence-corrected chi connectivity index (χ2v) is 8.23. The first kappa shape index (κ1) is 13.0. The Morgan fingerprint density at radius 2 is 2.22 bits per heavy atom. The molecule has 5 aliphatic heterocycles. The first-order valence-electron chi connectivity index (χ1n) is 8.97. The fourth-order valence-corrected chi connectivity index (χ4v) is 6.45. The number of carbonyl (C=O) groups excluding carboxylic acids is 1. The van der Waals surface area contributed by atoms with Crippen molar-refractivity contribution in [1.82, 2.24) is 4.90 Å². The minimum atomic E-state index is -0.247. The molecule has 2 unspecified atom stereocenters. The van der Waals surface area contributed by atoms with Gasteiger partial charge in [0.2, 0.25) is 0 Å². The zero-order valence-electron chi connectivity index (χ0n) is 13.4. The molecule has 1 aromatic carbocycles. The van der Waals surface area contributed by atoms with E-state index in [0.29, 0.717) is 23.7 Å². The molecule has 0 amide bonds. The van der Waals surface area contributed by atoms with Gasteiger partial charge in [-0.15, -0.1) is 0 Å². The average Bonchev–Trinajstić information content (AvgIpc) is 3.15. The molecule has 23 heavy (non-hydrogen) atoms. The van der Waals surface area contributed by atoms with E-state index in [0.717, 1.165) is 19.4 Å². The Hall–Kier alpha value is -1.39. The molecule has 120 valence electrons. The van der Waals surface area contributed by atoms with E-state index in [1.165, 1.54) is 24.2 Å². The van der Waals surface area contributed by atoms with Gasteiger partial charge in [0.25, 0.3) is 0 Å². The Labute approximate surface area is 136 Å². The standard InChI is InChI=1S/C19H22N2O2/c1-11(22)13-8-12-9-15-17(13)21(10-12)7-6-18-14-4-2-3-5-16(14)20-19(15,18)23-18/h2-5,12-13,15,17,20H,6-10H2,1H3/t12-,13-,15+,17?,18-,19-/m0/s1. The van der Waals surface area contributed by atoms with Crippen molar-refractivity contribution in [3.8, 4) is 0 Å². The van der Waals surface area contributed by atoms with Crippen LogP contribution >= 0.6 is 0 Å². The van der Waals surface area contributed by atoms with Crippen molar-refractivity contribution >= 4 is 11.5 Å². The molecule has 1 aliphatic carbocycles. The number of anilines is 1. The largest absolute Gasteiger partial charge is 0.354 e. The Balaban J connectivity index is 1.50. The Morgan fingerprint density at radius 3 is 3.09 bits per heavy atom. The lowest BCUT2D eigenvalue weighted by Gasteiger charge is -2.54. The SMILES string of the molecule is CC(=O)[C@@H]1C[C@H]2C[C@@H]3C1N(CC[C@@]14O[C@@]31Nc1ccccc14)C2. The van der Waals surface area contributed by atoms with E-state index in [4.69, 9.17) is 4.74 Å². The van der Waals surface area contributed by atoms with Crippen LogP contribution < -0.4 is 5.32 Å². The van der Waals surface area contributed by atoms with Crippen molar-refractivity contribution in [2.24, 2.45) is 17.8 Å². The summed E-state index contributed by atoms with van der Waals surface area (Å²) in [7, 11) is 0. The molecule has 1 saturated carbocycles. The highest BCUT2D eigenvalue weighted by Gasteiger charge is 2.81. The van der Waals surface area contributed by atoms with Crippen molar-refractivity contribution in [1.29, 1.82) is 0 Å². The van der Waals surface area contributed by atoms with Crippen LogP contribution in [0.3, 0.4) is 0 Å². The maximum absolute atomic E-state index is 12.3. The van der Waals surface area contributed by atoms with E-state index >= 15 is 0 Å². The highest BCUT2D eigenvalue weighted by molar-refractivity contribution is 5.80. The lowest BCUT2D eigenvalue weighted by molar-refractivity contribution is -0.133. The molecular formula is C19H22N2O2. The summed E-state index contributed by atoms with van der Waals surface area (Å²) in [5.74, 6) is 1.65. The van der Waals surface area contributed by atoms with Gasteiger partial charge in [0.1, 0.15) is 11.4 Å². The van der Waals surface area contributed by atoms with Gasteiger partial charge in [0.15, 0.2) is 5.72 Å². The highest BCUT2D eigenvalue weighted by atomic mass is 16.7. The third-order valence-electron chi connectivity index (χ3n) is 7.28. The minimum absolute atomic E-state index is 0.144. The molecule has 1 N–H and O–H groups in total. The molecule has 7 atom stereocenters. The summed E-state index contributed by atoms with van der Waals surface area (Å²) in [6.45, 7) is 4.02. The molecule has 0 radical (unpaired) electrons. The number of fused-ring (bicyclic) bond motifs is 2. The number of piperidine rings is 2. The zero-order chi connectivity index (χ0) is 15.4. The predicted molar refractivity (Wildman–Crippen MR) is 85.9 cm³/mol. The normalized spacial score (nSPS) is 51.1. The van der Waals surface area contributed by atoms with Crippen molar-refractivity contribution in [3.63, 3.8) is 0 Å². The van der Waals surface area contributed by atoms with Crippen LogP contribution in [0.1, 0.15) is 31.7 Å². The quantitative estimate of drug-likeness (QED) is 0.809. The number of rotatable bonds is 1. The molecular weight excluding hydrogens is 288 g/mol. The smallest absolute Gasteiger partial charge is 0.178 e. The van der Waals surface area contributed by atoms with Gasteiger partial charge in [-0.3, -0.25) is 9.69 Å². The summed E-state index contributed by atoms with van der Waals surface area (Å²) in [6.07, 6.45) is 3.33. The number of ether oxygens (including phenoxy) is 1. The summed E-state index contributed by atoms with van der Waals surface area (Å²) in [4.78, 5) is 14.9. The number of ketones is 1. The molecule has 4 saturated heterocycles. The van der Waals surface area contributed by atoms with Crippen molar-refractivity contribution in [2.75, 3.05) is 18.4 Å². The summed E-state index contributed by atoms with van der Waals surface area (Å²) in [5, 5.41) is 3.76. The van der Waals surface area contributed by atoms with E-state index in [9.17, 15) is 4.79 Å². The fraction of sp³-hybridized carbons (Fsp3) is 0.632. The van der Waals surface area contributed by atoms with Crippen molar-refractivity contribution in [2.45, 2.75) is 43.6 Å². The maximum Gasteiger partial charge on any atom is 0.178 e. The van der Waals surface area contributed by atoms with Gasteiger partial charge in [0.05, 0.1) is 0 Å². The number of nitrogens with one attached hydrogen (secondary N) is 1. The van der Waals surface area contributed by atoms with Crippen LogP contribution in [0.15, 0.2) is 24.3 Å². The number of para-hydroxylation sites is 1. The Bertz CT molecular complexity index is 734. The molecule has 5 heterocycles. The molecule has 6 aliphatic rings. The number of Topliss-reactive ketones (excluding diaryl/α,β-unsaturated/α-hetero) is 1.